The minimum atomic E-state index is -0.884. The third-order valence-corrected chi connectivity index (χ3v) is 2.57. The number of ether oxygens (including phenoxy) is 1. The Balaban J connectivity index is 2.29. The Hall–Kier alpha value is -3.10. The first-order valence-corrected chi connectivity index (χ1v) is 5.67. The summed E-state index contributed by atoms with van der Waals surface area (Å²) in [6.07, 6.45) is 2.38. The summed E-state index contributed by atoms with van der Waals surface area (Å²) in [6.45, 7) is 1.47. The molecule has 21 heavy (non-hydrogen) atoms. The van der Waals surface area contributed by atoms with Crippen LogP contribution in [0.2, 0.25) is 0 Å². The van der Waals surface area contributed by atoms with Crippen LogP contribution in [0.25, 0.3) is 0 Å². The number of hydrogen-bond acceptors (Lipinski definition) is 6. The maximum atomic E-state index is 13.8. The number of hydrogen-bond donors (Lipinski definition) is 2. The number of benzene rings is 1. The molecular formula is C12H10FN5O3. The lowest BCUT2D eigenvalue weighted by atomic mass is 10.2. The number of aryl methyl sites for hydroxylation is 1. The smallest absolute Gasteiger partial charge is 0.275 e. The van der Waals surface area contributed by atoms with Crippen LogP contribution in [0.1, 0.15) is 11.3 Å². The first-order chi connectivity index (χ1) is 9.88. The van der Waals surface area contributed by atoms with Gasteiger partial charge in [-0.15, -0.1) is 0 Å². The second kappa shape index (κ2) is 5.49. The number of nitro benzene ring substituents is 1. The molecule has 9 heteroatoms. The largest absolute Gasteiger partial charge is 0.434 e. The average Bonchev–Trinajstić information content (AvgIpc) is 2.42. The van der Waals surface area contributed by atoms with E-state index in [9.17, 15) is 14.5 Å². The predicted octanol–water partition coefficient (Wildman–Crippen LogP) is 1.91. The van der Waals surface area contributed by atoms with Crippen molar-refractivity contribution in [1.82, 2.24) is 9.97 Å². The minimum absolute atomic E-state index is 0.0212. The molecule has 0 bridgehead atoms. The molecule has 0 atom stereocenters. The molecule has 0 amide bonds. The Morgan fingerprint density at radius 3 is 2.67 bits per heavy atom. The second-order valence-corrected chi connectivity index (χ2v) is 4.08. The van der Waals surface area contributed by atoms with Crippen LogP contribution < -0.4 is 10.5 Å². The molecule has 8 nitrogen and oxygen atoms in total. The van der Waals surface area contributed by atoms with Gasteiger partial charge in [-0.2, -0.15) is 0 Å². The van der Waals surface area contributed by atoms with Gasteiger partial charge in [0.05, 0.1) is 23.4 Å². The van der Waals surface area contributed by atoms with Gasteiger partial charge in [-0.05, 0) is 13.0 Å². The Bertz CT molecular complexity index is 718. The highest BCUT2D eigenvalue weighted by atomic mass is 19.1. The van der Waals surface area contributed by atoms with Crippen molar-refractivity contribution in [2.24, 2.45) is 5.73 Å². The van der Waals surface area contributed by atoms with Gasteiger partial charge in [0.1, 0.15) is 11.5 Å². The third kappa shape index (κ3) is 3.08. The Morgan fingerprint density at radius 1 is 1.43 bits per heavy atom. The highest BCUT2D eigenvalue weighted by Gasteiger charge is 2.17. The van der Waals surface area contributed by atoms with Crippen LogP contribution in [0.5, 0.6) is 11.6 Å². The third-order valence-electron chi connectivity index (χ3n) is 2.57. The summed E-state index contributed by atoms with van der Waals surface area (Å²) in [4.78, 5) is 17.6. The van der Waals surface area contributed by atoms with E-state index in [4.69, 9.17) is 15.9 Å². The highest BCUT2D eigenvalue weighted by molar-refractivity contribution is 5.92. The Labute approximate surface area is 118 Å². The average molecular weight is 291 g/mol. The lowest BCUT2D eigenvalue weighted by Crippen LogP contribution is -2.13. The van der Waals surface area contributed by atoms with Crippen LogP contribution in [0.4, 0.5) is 10.1 Å². The minimum Gasteiger partial charge on any atom is -0.434 e. The van der Waals surface area contributed by atoms with E-state index < -0.39 is 10.7 Å². The second-order valence-electron chi connectivity index (χ2n) is 4.08. The molecule has 1 aromatic heterocycles. The summed E-state index contributed by atoms with van der Waals surface area (Å²) >= 11 is 0. The zero-order valence-corrected chi connectivity index (χ0v) is 10.8. The molecule has 0 aliphatic rings. The molecule has 2 rings (SSSR count). The van der Waals surface area contributed by atoms with E-state index >= 15 is 0 Å². The van der Waals surface area contributed by atoms with Crippen molar-refractivity contribution in [2.45, 2.75) is 6.92 Å². The fourth-order valence-corrected chi connectivity index (χ4v) is 1.54. The molecule has 0 fully saturated rings. The summed E-state index contributed by atoms with van der Waals surface area (Å²) < 4.78 is 18.9. The fraction of sp³-hybridized carbons (Fsp3) is 0.0833. The van der Waals surface area contributed by atoms with E-state index in [0.717, 1.165) is 6.07 Å². The van der Waals surface area contributed by atoms with Crippen molar-refractivity contribution in [2.75, 3.05) is 0 Å². The number of nitrogens with one attached hydrogen (secondary N) is 1. The molecule has 0 unspecified atom stereocenters. The molecule has 1 aromatic carbocycles. The standard InChI is InChI=1S/C12H10FN5O3/c1-6-2-10(7(13)3-9(6)18(19)20)21-11-5-16-8(4-17-11)12(14)15/h2-5H,1H3,(H3,14,15). The van der Waals surface area contributed by atoms with Crippen LogP contribution in [0.3, 0.4) is 0 Å². The fourth-order valence-electron chi connectivity index (χ4n) is 1.54. The van der Waals surface area contributed by atoms with Gasteiger partial charge in [0.15, 0.2) is 11.6 Å². The van der Waals surface area contributed by atoms with E-state index in [-0.39, 0.29) is 34.4 Å². The van der Waals surface area contributed by atoms with Crippen molar-refractivity contribution in [3.05, 3.63) is 51.7 Å². The van der Waals surface area contributed by atoms with E-state index in [1.165, 1.54) is 25.4 Å². The lowest BCUT2D eigenvalue weighted by molar-refractivity contribution is -0.385. The van der Waals surface area contributed by atoms with Crippen molar-refractivity contribution >= 4 is 11.5 Å². The molecule has 0 aliphatic carbocycles. The van der Waals surface area contributed by atoms with Gasteiger partial charge < -0.3 is 10.5 Å². The van der Waals surface area contributed by atoms with Crippen LogP contribution in [0.15, 0.2) is 24.5 Å². The van der Waals surface area contributed by atoms with E-state index in [2.05, 4.69) is 9.97 Å². The first-order valence-electron chi connectivity index (χ1n) is 5.67. The SMILES string of the molecule is Cc1cc(Oc2cnc(C(=N)N)cn2)c(F)cc1[N+](=O)[O-]. The molecule has 1 heterocycles. The van der Waals surface area contributed by atoms with E-state index in [1.807, 2.05) is 0 Å². The van der Waals surface area contributed by atoms with Gasteiger partial charge in [0, 0.05) is 5.56 Å². The van der Waals surface area contributed by atoms with Gasteiger partial charge in [-0.1, -0.05) is 0 Å². The van der Waals surface area contributed by atoms with Crippen LogP contribution in [0, 0.1) is 28.3 Å². The van der Waals surface area contributed by atoms with Crippen molar-refractivity contribution in [1.29, 1.82) is 5.41 Å². The zero-order valence-electron chi connectivity index (χ0n) is 10.8. The summed E-state index contributed by atoms with van der Waals surface area (Å²) in [5, 5.41) is 17.9. The number of nitrogens with zero attached hydrogens (tertiary/aromatic N) is 3. The summed E-state index contributed by atoms with van der Waals surface area (Å²) in [5.74, 6) is -1.37. The number of aromatic nitrogens is 2. The summed E-state index contributed by atoms with van der Waals surface area (Å²) in [5.41, 5.74) is 5.30. The predicted molar refractivity (Wildman–Crippen MR) is 70.9 cm³/mol. The molecule has 0 spiro atoms. The van der Waals surface area contributed by atoms with Crippen molar-refractivity contribution < 1.29 is 14.1 Å². The quantitative estimate of drug-likeness (QED) is 0.383. The maximum Gasteiger partial charge on any atom is 0.275 e. The molecule has 2 aromatic rings. The number of rotatable bonds is 4. The normalized spacial score (nSPS) is 10.2. The molecule has 0 saturated carbocycles. The van der Waals surface area contributed by atoms with E-state index in [0.29, 0.717) is 0 Å². The van der Waals surface area contributed by atoms with Gasteiger partial charge in [0.25, 0.3) is 5.69 Å². The topological polar surface area (TPSA) is 128 Å². The van der Waals surface area contributed by atoms with Crippen LogP contribution in [-0.2, 0) is 0 Å². The monoisotopic (exact) mass is 291 g/mol. The number of halogens is 1. The zero-order chi connectivity index (χ0) is 15.6. The van der Waals surface area contributed by atoms with E-state index in [1.54, 1.807) is 0 Å². The van der Waals surface area contributed by atoms with Gasteiger partial charge >= 0.3 is 0 Å². The molecule has 3 N–H and O–H groups in total. The highest BCUT2D eigenvalue weighted by Crippen LogP contribution is 2.29. The summed E-state index contributed by atoms with van der Waals surface area (Å²) in [7, 11) is 0. The molecular weight excluding hydrogens is 281 g/mol. The van der Waals surface area contributed by atoms with Gasteiger partial charge in [0.2, 0.25) is 5.88 Å². The maximum absolute atomic E-state index is 13.8. The van der Waals surface area contributed by atoms with Gasteiger partial charge in [-0.3, -0.25) is 15.5 Å². The van der Waals surface area contributed by atoms with Crippen LogP contribution in [-0.4, -0.2) is 20.7 Å². The molecule has 108 valence electrons. The van der Waals surface area contributed by atoms with Crippen molar-refractivity contribution in [3.63, 3.8) is 0 Å². The number of amidine groups is 1. The molecule has 0 radical (unpaired) electrons. The van der Waals surface area contributed by atoms with Gasteiger partial charge in [-0.25, -0.2) is 14.4 Å². The molecule has 0 saturated heterocycles. The number of nitrogen functional groups attached to an aromatic ring is 1. The van der Waals surface area contributed by atoms with Crippen LogP contribution >= 0.6 is 0 Å². The Morgan fingerprint density at radius 2 is 2.14 bits per heavy atom. The number of nitro groups is 1. The number of nitrogens with two attached hydrogens (primary N) is 1. The summed E-state index contributed by atoms with van der Waals surface area (Å²) in [6, 6.07) is 1.98. The Kier molecular flexibility index (Phi) is 3.74. The first kappa shape index (κ1) is 14.3. The molecule has 0 aliphatic heterocycles. The lowest BCUT2D eigenvalue weighted by Gasteiger charge is -2.07. The van der Waals surface area contributed by atoms with Crippen molar-refractivity contribution in [3.8, 4) is 11.6 Å².